The summed E-state index contributed by atoms with van der Waals surface area (Å²) in [6.45, 7) is 4.13. The third-order valence-electron chi connectivity index (χ3n) is 2.91. The molecular weight excluding hydrogens is 312 g/mol. The smallest absolute Gasteiger partial charge is 0.417 e. The van der Waals surface area contributed by atoms with Crippen molar-refractivity contribution in [1.29, 1.82) is 0 Å². The fourth-order valence-corrected chi connectivity index (χ4v) is 2.23. The van der Waals surface area contributed by atoms with Crippen molar-refractivity contribution in [1.82, 2.24) is 9.88 Å². The van der Waals surface area contributed by atoms with E-state index < -0.39 is 30.0 Å². The summed E-state index contributed by atoms with van der Waals surface area (Å²) in [5.74, 6) is -1.28. The van der Waals surface area contributed by atoms with Crippen LogP contribution >= 0.6 is 11.6 Å². The van der Waals surface area contributed by atoms with Crippen molar-refractivity contribution in [3.63, 3.8) is 0 Å². The summed E-state index contributed by atoms with van der Waals surface area (Å²) in [5.41, 5.74) is -0.488. The lowest BCUT2D eigenvalue weighted by Gasteiger charge is -2.23. The molecule has 0 atom stereocenters. The number of pyridine rings is 1. The number of hydrogen-bond donors (Lipinski definition) is 1. The van der Waals surface area contributed by atoms with Gasteiger partial charge in [0.05, 0.1) is 12.1 Å². The van der Waals surface area contributed by atoms with Crippen molar-refractivity contribution in [2.75, 3.05) is 6.61 Å². The Bertz CT molecular complexity index is 666. The topological polar surface area (TPSA) is 96.8 Å². The van der Waals surface area contributed by atoms with E-state index >= 15 is 0 Å². The minimum Gasteiger partial charge on any atom is -0.443 e. The van der Waals surface area contributed by atoms with Gasteiger partial charge in [-0.15, -0.1) is 0 Å². The molecule has 0 aliphatic carbocycles. The van der Waals surface area contributed by atoms with Crippen molar-refractivity contribution in [2.45, 2.75) is 32.9 Å². The molecule has 22 heavy (non-hydrogen) atoms. The molecule has 2 heterocycles. The van der Waals surface area contributed by atoms with Gasteiger partial charge in [-0.25, -0.2) is 14.7 Å². The van der Waals surface area contributed by atoms with Crippen LogP contribution in [0.15, 0.2) is 6.07 Å². The van der Waals surface area contributed by atoms with Gasteiger partial charge in [0.25, 0.3) is 5.91 Å². The fourth-order valence-electron chi connectivity index (χ4n) is 2.04. The summed E-state index contributed by atoms with van der Waals surface area (Å²) < 4.78 is 5.16. The Kier molecular flexibility index (Phi) is 4.21. The molecule has 8 heteroatoms. The SMILES string of the molecule is CC(C)(C)OC(=O)N1Cc2c(cc(Cl)nc2C(=O)CO)C1=O. The van der Waals surface area contributed by atoms with E-state index in [9.17, 15) is 14.4 Å². The molecule has 0 unspecified atom stereocenters. The third-order valence-corrected chi connectivity index (χ3v) is 3.10. The van der Waals surface area contributed by atoms with Crippen molar-refractivity contribution < 1.29 is 24.2 Å². The number of carbonyl (C=O) groups is 3. The highest BCUT2D eigenvalue weighted by atomic mass is 35.5. The van der Waals surface area contributed by atoms with Crippen LogP contribution in [0.25, 0.3) is 0 Å². The average molecular weight is 327 g/mol. The fraction of sp³-hybridized carbons (Fsp3) is 0.429. The summed E-state index contributed by atoms with van der Waals surface area (Å²) in [6, 6.07) is 1.29. The largest absolute Gasteiger partial charge is 0.443 e. The van der Waals surface area contributed by atoms with Gasteiger partial charge in [0.1, 0.15) is 23.1 Å². The number of ether oxygens (including phenoxy) is 1. The highest BCUT2D eigenvalue weighted by Gasteiger charge is 2.38. The maximum Gasteiger partial charge on any atom is 0.417 e. The van der Waals surface area contributed by atoms with Crippen LogP contribution in [0.4, 0.5) is 4.79 Å². The number of rotatable bonds is 2. The maximum absolute atomic E-state index is 12.3. The van der Waals surface area contributed by atoms with E-state index in [-0.39, 0.29) is 28.5 Å². The number of ketones is 1. The van der Waals surface area contributed by atoms with E-state index in [4.69, 9.17) is 21.4 Å². The lowest BCUT2D eigenvalue weighted by Crippen LogP contribution is -2.36. The second kappa shape index (κ2) is 5.66. The Morgan fingerprint density at radius 1 is 1.45 bits per heavy atom. The molecule has 7 nitrogen and oxygen atoms in total. The van der Waals surface area contributed by atoms with Gasteiger partial charge >= 0.3 is 6.09 Å². The first kappa shape index (κ1) is 16.4. The summed E-state index contributed by atoms with van der Waals surface area (Å²) in [4.78, 5) is 40.8. The number of carbonyl (C=O) groups excluding carboxylic acids is 3. The lowest BCUT2D eigenvalue weighted by atomic mass is 10.1. The summed E-state index contributed by atoms with van der Waals surface area (Å²) in [5, 5.41) is 8.92. The molecule has 0 bridgehead atoms. The molecule has 0 saturated heterocycles. The van der Waals surface area contributed by atoms with Gasteiger partial charge in [-0.1, -0.05) is 11.6 Å². The van der Waals surface area contributed by atoms with Gasteiger partial charge in [-0.05, 0) is 26.8 Å². The molecule has 1 N–H and O–H groups in total. The minimum atomic E-state index is -0.813. The first-order chi connectivity index (χ1) is 10.1. The number of imide groups is 1. The molecule has 0 radical (unpaired) electrons. The minimum absolute atomic E-state index is 0.0602. The summed E-state index contributed by atoms with van der Waals surface area (Å²) in [7, 11) is 0. The third kappa shape index (κ3) is 3.10. The first-order valence-electron chi connectivity index (χ1n) is 6.52. The molecule has 0 saturated carbocycles. The predicted molar refractivity (Wildman–Crippen MR) is 76.8 cm³/mol. The Labute approximate surface area is 131 Å². The molecule has 118 valence electrons. The number of fused-ring (bicyclic) bond motifs is 1. The zero-order valence-electron chi connectivity index (χ0n) is 12.3. The number of aliphatic hydroxyl groups excluding tert-OH is 1. The molecule has 2 rings (SSSR count). The van der Waals surface area contributed by atoms with Gasteiger partial charge in [-0.3, -0.25) is 9.59 Å². The van der Waals surface area contributed by atoms with Gasteiger partial charge in [-0.2, -0.15) is 0 Å². The van der Waals surface area contributed by atoms with Crippen LogP contribution in [0.5, 0.6) is 0 Å². The molecule has 1 aliphatic heterocycles. The van der Waals surface area contributed by atoms with E-state index in [1.165, 1.54) is 6.07 Å². The summed E-state index contributed by atoms with van der Waals surface area (Å²) in [6.07, 6.45) is -0.813. The number of aliphatic hydroxyl groups is 1. The van der Waals surface area contributed by atoms with Gasteiger partial charge in [0.15, 0.2) is 0 Å². The van der Waals surface area contributed by atoms with E-state index in [0.717, 1.165) is 4.90 Å². The van der Waals surface area contributed by atoms with Crippen LogP contribution in [-0.4, -0.2) is 45.0 Å². The number of Topliss-reactive ketones (excluding diaryl/α,β-unsaturated/α-hetero) is 1. The van der Waals surface area contributed by atoms with Crippen molar-refractivity contribution in [2.24, 2.45) is 0 Å². The Balaban J connectivity index is 2.39. The van der Waals surface area contributed by atoms with Crippen LogP contribution < -0.4 is 0 Å². The molecular formula is C14H15ClN2O5. The number of nitrogens with zero attached hydrogens (tertiary/aromatic N) is 2. The van der Waals surface area contributed by atoms with Gasteiger partial charge in [0.2, 0.25) is 5.78 Å². The number of aromatic nitrogens is 1. The van der Waals surface area contributed by atoms with E-state index in [0.29, 0.717) is 0 Å². The lowest BCUT2D eigenvalue weighted by molar-refractivity contribution is 0.0247. The first-order valence-corrected chi connectivity index (χ1v) is 6.90. The van der Waals surface area contributed by atoms with Crippen LogP contribution in [0.2, 0.25) is 5.15 Å². The number of hydrogen-bond acceptors (Lipinski definition) is 6. The Morgan fingerprint density at radius 2 is 2.09 bits per heavy atom. The molecule has 0 spiro atoms. The molecule has 0 fully saturated rings. The van der Waals surface area contributed by atoms with Crippen molar-refractivity contribution >= 4 is 29.4 Å². The highest BCUT2D eigenvalue weighted by Crippen LogP contribution is 2.29. The zero-order chi connectivity index (χ0) is 16.7. The highest BCUT2D eigenvalue weighted by molar-refractivity contribution is 6.30. The molecule has 1 aromatic rings. The van der Waals surface area contributed by atoms with Crippen molar-refractivity contribution in [3.8, 4) is 0 Å². The van der Waals surface area contributed by atoms with Crippen LogP contribution in [0.3, 0.4) is 0 Å². The maximum atomic E-state index is 12.3. The van der Waals surface area contributed by atoms with Gasteiger partial charge < -0.3 is 9.84 Å². The molecule has 0 aromatic carbocycles. The molecule has 1 aliphatic rings. The number of halogens is 1. The standard InChI is InChI=1S/C14H15ClN2O5/c1-14(2,3)22-13(21)17-5-8-7(12(17)20)4-10(15)16-11(8)9(19)6-18/h4,18H,5-6H2,1-3H3. The van der Waals surface area contributed by atoms with Crippen LogP contribution in [-0.2, 0) is 11.3 Å². The zero-order valence-corrected chi connectivity index (χ0v) is 13.1. The quantitative estimate of drug-likeness (QED) is 0.657. The van der Waals surface area contributed by atoms with Crippen molar-refractivity contribution in [3.05, 3.63) is 28.0 Å². The predicted octanol–water partition coefficient (Wildman–Crippen LogP) is 1.80. The second-order valence-corrected chi connectivity index (χ2v) is 6.16. The number of amides is 2. The molecule has 2 amide bonds. The van der Waals surface area contributed by atoms with E-state index in [1.54, 1.807) is 20.8 Å². The van der Waals surface area contributed by atoms with E-state index in [1.807, 2.05) is 0 Å². The second-order valence-electron chi connectivity index (χ2n) is 5.77. The normalized spacial score (nSPS) is 14.0. The van der Waals surface area contributed by atoms with E-state index in [2.05, 4.69) is 4.98 Å². The molecule has 1 aromatic heterocycles. The monoisotopic (exact) mass is 326 g/mol. The summed E-state index contributed by atoms with van der Waals surface area (Å²) >= 11 is 5.80. The Morgan fingerprint density at radius 3 is 2.64 bits per heavy atom. The van der Waals surface area contributed by atoms with Gasteiger partial charge in [0, 0.05) is 5.56 Å². The van der Waals surface area contributed by atoms with Crippen LogP contribution in [0, 0.1) is 0 Å². The average Bonchev–Trinajstić information content (AvgIpc) is 2.73. The Hall–Kier alpha value is -1.99. The van der Waals surface area contributed by atoms with Crippen LogP contribution in [0.1, 0.15) is 47.2 Å².